The Balaban J connectivity index is 1.37. The van der Waals surface area contributed by atoms with Crippen LogP contribution in [0.15, 0.2) is 72.8 Å². The maximum absolute atomic E-state index is 13.2. The van der Waals surface area contributed by atoms with Gasteiger partial charge in [0.25, 0.3) is 5.91 Å². The number of carbonyl (C=O) groups is 1. The number of hydrogen-bond acceptors (Lipinski definition) is 5. The summed E-state index contributed by atoms with van der Waals surface area (Å²) in [6, 6.07) is 15.1. The van der Waals surface area contributed by atoms with Gasteiger partial charge in [0.15, 0.2) is 5.76 Å². The first-order chi connectivity index (χ1) is 15.1. The molecule has 7 nitrogen and oxygen atoms in total. The highest BCUT2D eigenvalue weighted by atomic mass is 19.1. The van der Waals surface area contributed by atoms with E-state index in [9.17, 15) is 9.18 Å². The van der Waals surface area contributed by atoms with Crippen molar-refractivity contribution >= 4 is 22.5 Å². The topological polar surface area (TPSA) is 98.4 Å². The molecular weight excluding hydrogens is 397 g/mol. The number of nitrogens with one attached hydrogen (secondary N) is 1. The maximum Gasteiger partial charge on any atom is 0.252 e. The Kier molecular flexibility index (Phi) is 4.59. The number of amides is 1. The van der Waals surface area contributed by atoms with Crippen molar-refractivity contribution in [1.82, 2.24) is 20.1 Å². The van der Waals surface area contributed by atoms with Crippen molar-refractivity contribution in [3.8, 4) is 5.69 Å². The van der Waals surface area contributed by atoms with Crippen LogP contribution < -0.4 is 11.1 Å². The zero-order valence-corrected chi connectivity index (χ0v) is 16.4. The summed E-state index contributed by atoms with van der Waals surface area (Å²) in [5.41, 5.74) is 10.0. The third kappa shape index (κ3) is 3.71. The summed E-state index contributed by atoms with van der Waals surface area (Å²) in [5, 5.41) is 8.03. The van der Waals surface area contributed by atoms with Crippen LogP contribution in [0.5, 0.6) is 0 Å². The lowest BCUT2D eigenvalue weighted by molar-refractivity contribution is 0.0952. The van der Waals surface area contributed by atoms with Gasteiger partial charge in [0.05, 0.1) is 34.4 Å². The van der Waals surface area contributed by atoms with Crippen LogP contribution in [0.3, 0.4) is 0 Å². The molecule has 1 amide bonds. The molecule has 2 aromatic heterocycles. The summed E-state index contributed by atoms with van der Waals surface area (Å²) in [7, 11) is 0. The molecule has 0 bridgehead atoms. The molecule has 0 saturated carbocycles. The minimum Gasteiger partial charge on any atom is -0.484 e. The largest absolute Gasteiger partial charge is 0.484 e. The smallest absolute Gasteiger partial charge is 0.252 e. The van der Waals surface area contributed by atoms with Crippen LogP contribution >= 0.6 is 0 Å². The quantitative estimate of drug-likeness (QED) is 0.488. The predicted molar refractivity (Wildman–Crippen MR) is 113 cm³/mol. The second-order valence-corrected chi connectivity index (χ2v) is 7.13. The Morgan fingerprint density at radius 3 is 2.77 bits per heavy atom. The number of aromatic nitrogens is 3. The molecule has 154 valence electrons. The summed E-state index contributed by atoms with van der Waals surface area (Å²) < 4.78 is 20.0. The lowest BCUT2D eigenvalue weighted by atomic mass is 10.1. The molecule has 5 rings (SSSR count). The van der Waals surface area contributed by atoms with Crippen molar-refractivity contribution in [1.29, 1.82) is 0 Å². The maximum atomic E-state index is 13.2. The van der Waals surface area contributed by atoms with Crippen molar-refractivity contribution in [3.63, 3.8) is 0 Å². The number of hydrogen-bond donors (Lipinski definition) is 2. The van der Waals surface area contributed by atoms with E-state index in [1.807, 2.05) is 18.2 Å². The van der Waals surface area contributed by atoms with Crippen LogP contribution in [0.2, 0.25) is 0 Å². The van der Waals surface area contributed by atoms with Gasteiger partial charge in [0, 0.05) is 18.1 Å². The Morgan fingerprint density at radius 1 is 1.19 bits per heavy atom. The molecule has 31 heavy (non-hydrogen) atoms. The van der Waals surface area contributed by atoms with Crippen molar-refractivity contribution in [2.75, 3.05) is 6.61 Å². The number of nitrogens with zero attached hydrogens (tertiary/aromatic N) is 3. The molecule has 1 aliphatic rings. The van der Waals surface area contributed by atoms with Gasteiger partial charge in [-0.2, -0.15) is 5.10 Å². The van der Waals surface area contributed by atoms with E-state index in [2.05, 4.69) is 15.4 Å². The highest BCUT2D eigenvalue weighted by molar-refractivity contribution is 6.06. The number of pyridine rings is 1. The SMILES string of the molecule is NC(=C1CO1)c1cc(CNC(=O)c2cccc3c2cnn3-c2ccc(F)cc2)ccn1. The van der Waals surface area contributed by atoms with E-state index in [0.717, 1.165) is 16.8 Å². The first kappa shape index (κ1) is 18.8. The summed E-state index contributed by atoms with van der Waals surface area (Å²) in [5.74, 6) is 0.195. The number of carbonyl (C=O) groups excluding carboxylic acids is 1. The molecule has 4 aromatic rings. The van der Waals surface area contributed by atoms with E-state index in [-0.39, 0.29) is 11.7 Å². The lowest BCUT2D eigenvalue weighted by Gasteiger charge is -2.08. The van der Waals surface area contributed by atoms with Crippen LogP contribution in [-0.4, -0.2) is 27.3 Å². The van der Waals surface area contributed by atoms with Crippen LogP contribution in [-0.2, 0) is 11.3 Å². The van der Waals surface area contributed by atoms with Crippen molar-refractivity contribution in [2.24, 2.45) is 5.73 Å². The minimum absolute atomic E-state index is 0.223. The molecule has 8 heteroatoms. The summed E-state index contributed by atoms with van der Waals surface area (Å²) in [4.78, 5) is 17.1. The van der Waals surface area contributed by atoms with Gasteiger partial charge in [0.1, 0.15) is 12.4 Å². The lowest BCUT2D eigenvalue weighted by Crippen LogP contribution is -2.23. The van der Waals surface area contributed by atoms with Gasteiger partial charge in [-0.1, -0.05) is 6.07 Å². The van der Waals surface area contributed by atoms with Crippen LogP contribution in [0, 0.1) is 5.82 Å². The van der Waals surface area contributed by atoms with Gasteiger partial charge in [-0.05, 0) is 54.1 Å². The third-order valence-corrected chi connectivity index (χ3v) is 5.07. The minimum atomic E-state index is -0.317. The standard InChI is InChI=1S/C23H18FN5O2/c24-15-4-6-16(7-5-15)29-20-3-1-2-17(18(20)12-28-29)23(30)27-11-14-8-9-26-19(10-14)22(25)21-13-31-21/h1-10,12H,11,13,25H2,(H,27,30). The Morgan fingerprint density at radius 2 is 2.00 bits per heavy atom. The van der Waals surface area contributed by atoms with Gasteiger partial charge in [-0.25, -0.2) is 9.07 Å². The van der Waals surface area contributed by atoms with E-state index >= 15 is 0 Å². The average Bonchev–Trinajstić information content (AvgIpc) is 3.56. The molecule has 3 N–H and O–H groups in total. The van der Waals surface area contributed by atoms with Gasteiger partial charge in [-0.15, -0.1) is 0 Å². The Hall–Kier alpha value is -4.20. The summed E-state index contributed by atoms with van der Waals surface area (Å²) >= 11 is 0. The number of ether oxygens (including phenoxy) is 1. The number of nitrogens with two attached hydrogens (primary N) is 1. The van der Waals surface area contributed by atoms with E-state index in [1.54, 1.807) is 41.3 Å². The van der Waals surface area contributed by atoms with Gasteiger partial charge in [0.2, 0.25) is 0 Å². The van der Waals surface area contributed by atoms with E-state index in [4.69, 9.17) is 10.5 Å². The number of fused-ring (bicyclic) bond motifs is 1. The highest BCUT2D eigenvalue weighted by Crippen LogP contribution is 2.24. The molecule has 3 heterocycles. The molecule has 0 aliphatic carbocycles. The summed E-state index contributed by atoms with van der Waals surface area (Å²) in [6.07, 6.45) is 3.29. The number of halogens is 1. The fourth-order valence-electron chi connectivity index (χ4n) is 3.38. The second-order valence-electron chi connectivity index (χ2n) is 7.13. The fourth-order valence-corrected chi connectivity index (χ4v) is 3.38. The average molecular weight is 415 g/mol. The first-order valence-corrected chi connectivity index (χ1v) is 9.68. The summed E-state index contributed by atoms with van der Waals surface area (Å²) in [6.45, 7) is 0.852. The monoisotopic (exact) mass is 415 g/mol. The Bertz CT molecular complexity index is 1320. The zero-order valence-electron chi connectivity index (χ0n) is 16.4. The van der Waals surface area contributed by atoms with Crippen LogP contribution in [0.1, 0.15) is 21.6 Å². The normalized spacial score (nSPS) is 14.2. The molecule has 0 spiro atoms. The van der Waals surface area contributed by atoms with Gasteiger partial charge in [-0.3, -0.25) is 9.78 Å². The number of epoxide rings is 1. The molecular formula is C23H18FN5O2. The molecule has 1 saturated heterocycles. The van der Waals surface area contributed by atoms with Crippen LogP contribution in [0.4, 0.5) is 4.39 Å². The molecule has 1 fully saturated rings. The zero-order chi connectivity index (χ0) is 21.4. The number of benzene rings is 2. The Labute approximate surface area is 177 Å². The van der Waals surface area contributed by atoms with E-state index < -0.39 is 0 Å². The van der Waals surface area contributed by atoms with Crippen molar-refractivity contribution in [3.05, 3.63) is 95.4 Å². The molecule has 0 unspecified atom stereocenters. The highest BCUT2D eigenvalue weighted by Gasteiger charge is 2.20. The van der Waals surface area contributed by atoms with E-state index in [1.165, 1.54) is 12.1 Å². The van der Waals surface area contributed by atoms with Crippen molar-refractivity contribution < 1.29 is 13.9 Å². The fraction of sp³-hybridized carbons (Fsp3) is 0.0870. The second kappa shape index (κ2) is 7.56. The van der Waals surface area contributed by atoms with Gasteiger partial charge >= 0.3 is 0 Å². The van der Waals surface area contributed by atoms with Crippen molar-refractivity contribution in [2.45, 2.75) is 6.54 Å². The molecule has 0 atom stereocenters. The predicted octanol–water partition coefficient (Wildman–Crippen LogP) is 3.15. The molecule has 1 aliphatic heterocycles. The number of rotatable bonds is 5. The third-order valence-electron chi connectivity index (χ3n) is 5.07. The first-order valence-electron chi connectivity index (χ1n) is 9.68. The molecule has 0 radical (unpaired) electrons. The van der Waals surface area contributed by atoms with Crippen LogP contribution in [0.25, 0.3) is 22.3 Å². The molecule has 2 aromatic carbocycles. The van der Waals surface area contributed by atoms with E-state index in [0.29, 0.717) is 41.2 Å². The van der Waals surface area contributed by atoms with Gasteiger partial charge < -0.3 is 15.8 Å².